The van der Waals surface area contributed by atoms with Crippen molar-refractivity contribution < 1.29 is 9.90 Å². The maximum absolute atomic E-state index is 10.3. The SMILES string of the molecule is CN(C)c1nnc(C(=O)O)s1. The average Bonchev–Trinajstić information content (AvgIpc) is 2.33. The molecule has 1 heterocycles. The van der Waals surface area contributed by atoms with Crippen LogP contribution in [0.1, 0.15) is 9.80 Å². The quantitative estimate of drug-likeness (QED) is 0.696. The predicted molar refractivity (Wildman–Crippen MR) is 41.2 cm³/mol. The van der Waals surface area contributed by atoms with Gasteiger partial charge in [-0.3, -0.25) is 0 Å². The fourth-order valence-corrected chi connectivity index (χ4v) is 1.09. The standard InChI is InChI=1S/C5H7N3O2S/c1-8(2)5-7-6-3(11-5)4(9)10/h1-2H3,(H,9,10). The maximum atomic E-state index is 10.3. The molecule has 60 valence electrons. The first-order chi connectivity index (χ1) is 5.11. The Kier molecular flexibility index (Phi) is 2.04. The summed E-state index contributed by atoms with van der Waals surface area (Å²) < 4.78 is 0. The number of nitrogens with zero attached hydrogens (tertiary/aromatic N) is 3. The summed E-state index contributed by atoms with van der Waals surface area (Å²) in [5.41, 5.74) is 0. The van der Waals surface area contributed by atoms with Gasteiger partial charge in [-0.2, -0.15) is 0 Å². The summed E-state index contributed by atoms with van der Waals surface area (Å²) in [4.78, 5) is 12.0. The van der Waals surface area contributed by atoms with Crippen LogP contribution in [-0.4, -0.2) is 35.4 Å². The third kappa shape index (κ3) is 1.64. The molecular formula is C5H7N3O2S. The van der Waals surface area contributed by atoms with Crippen LogP contribution in [0.3, 0.4) is 0 Å². The zero-order valence-electron chi connectivity index (χ0n) is 6.11. The van der Waals surface area contributed by atoms with Crippen LogP contribution in [0, 0.1) is 0 Å². The Morgan fingerprint density at radius 1 is 1.55 bits per heavy atom. The van der Waals surface area contributed by atoms with E-state index in [1.807, 2.05) is 0 Å². The zero-order chi connectivity index (χ0) is 8.43. The van der Waals surface area contributed by atoms with Crippen LogP contribution in [0.25, 0.3) is 0 Å². The van der Waals surface area contributed by atoms with Gasteiger partial charge in [0.05, 0.1) is 0 Å². The summed E-state index contributed by atoms with van der Waals surface area (Å²) in [6.07, 6.45) is 0. The number of aromatic nitrogens is 2. The Morgan fingerprint density at radius 3 is 2.45 bits per heavy atom. The minimum Gasteiger partial charge on any atom is -0.476 e. The van der Waals surface area contributed by atoms with Crippen LogP contribution in [0.5, 0.6) is 0 Å². The molecule has 0 aromatic carbocycles. The van der Waals surface area contributed by atoms with Crippen LogP contribution in [0.2, 0.25) is 0 Å². The predicted octanol–water partition coefficient (Wildman–Crippen LogP) is 0.302. The number of hydrogen-bond acceptors (Lipinski definition) is 5. The summed E-state index contributed by atoms with van der Waals surface area (Å²) in [6.45, 7) is 0. The Morgan fingerprint density at radius 2 is 2.18 bits per heavy atom. The molecule has 0 aliphatic heterocycles. The lowest BCUT2D eigenvalue weighted by atomic mass is 10.7. The van der Waals surface area contributed by atoms with Crippen molar-refractivity contribution in [1.82, 2.24) is 10.2 Å². The maximum Gasteiger partial charge on any atom is 0.367 e. The molecule has 0 radical (unpaired) electrons. The van der Waals surface area contributed by atoms with Gasteiger partial charge in [-0.25, -0.2) is 4.79 Å². The molecule has 0 fully saturated rings. The van der Waals surface area contributed by atoms with Crippen molar-refractivity contribution >= 4 is 22.4 Å². The van der Waals surface area contributed by atoms with Crippen LogP contribution in [0.15, 0.2) is 0 Å². The van der Waals surface area contributed by atoms with Crippen molar-refractivity contribution in [2.24, 2.45) is 0 Å². The van der Waals surface area contributed by atoms with Crippen LogP contribution in [0.4, 0.5) is 5.13 Å². The summed E-state index contributed by atoms with van der Waals surface area (Å²) in [6, 6.07) is 0. The smallest absolute Gasteiger partial charge is 0.367 e. The minimum absolute atomic E-state index is 0.0219. The lowest BCUT2D eigenvalue weighted by Gasteiger charge is -2.03. The van der Waals surface area contributed by atoms with E-state index in [1.165, 1.54) is 0 Å². The Labute approximate surface area is 67.3 Å². The van der Waals surface area contributed by atoms with E-state index in [4.69, 9.17) is 5.11 Å². The third-order valence-electron chi connectivity index (χ3n) is 0.980. The first kappa shape index (κ1) is 7.93. The number of carboxylic acids is 1. The zero-order valence-corrected chi connectivity index (χ0v) is 6.92. The van der Waals surface area contributed by atoms with Gasteiger partial charge in [-0.05, 0) is 0 Å². The van der Waals surface area contributed by atoms with Gasteiger partial charge in [0.2, 0.25) is 10.1 Å². The van der Waals surface area contributed by atoms with Crippen molar-refractivity contribution in [2.45, 2.75) is 0 Å². The van der Waals surface area contributed by atoms with E-state index in [0.717, 1.165) is 11.3 Å². The van der Waals surface area contributed by atoms with Crippen molar-refractivity contribution in [3.05, 3.63) is 5.01 Å². The molecule has 0 saturated heterocycles. The summed E-state index contributed by atoms with van der Waals surface area (Å²) in [5, 5.41) is 16.2. The number of rotatable bonds is 2. The molecule has 0 saturated carbocycles. The largest absolute Gasteiger partial charge is 0.476 e. The van der Waals surface area contributed by atoms with Crippen LogP contribution < -0.4 is 4.90 Å². The summed E-state index contributed by atoms with van der Waals surface area (Å²) >= 11 is 1.05. The summed E-state index contributed by atoms with van der Waals surface area (Å²) in [7, 11) is 3.57. The van der Waals surface area contributed by atoms with Gasteiger partial charge in [0.15, 0.2) is 0 Å². The molecule has 11 heavy (non-hydrogen) atoms. The van der Waals surface area contributed by atoms with E-state index < -0.39 is 5.97 Å². The van der Waals surface area contributed by atoms with Gasteiger partial charge in [-0.15, -0.1) is 10.2 Å². The normalized spacial score (nSPS) is 9.64. The van der Waals surface area contributed by atoms with E-state index in [0.29, 0.717) is 5.13 Å². The van der Waals surface area contributed by atoms with Gasteiger partial charge in [-0.1, -0.05) is 11.3 Å². The molecule has 5 nitrogen and oxygen atoms in total. The van der Waals surface area contributed by atoms with Crippen molar-refractivity contribution in [3.8, 4) is 0 Å². The lowest BCUT2D eigenvalue weighted by Crippen LogP contribution is -2.07. The fraction of sp³-hybridized carbons (Fsp3) is 0.400. The minimum atomic E-state index is -1.03. The Bertz CT molecular complexity index is 270. The van der Waals surface area contributed by atoms with E-state index in [9.17, 15) is 4.79 Å². The average molecular weight is 173 g/mol. The number of carbonyl (C=O) groups is 1. The van der Waals surface area contributed by atoms with Crippen molar-refractivity contribution in [3.63, 3.8) is 0 Å². The van der Waals surface area contributed by atoms with E-state index in [2.05, 4.69) is 10.2 Å². The number of aromatic carboxylic acids is 1. The molecule has 1 N–H and O–H groups in total. The van der Waals surface area contributed by atoms with E-state index in [-0.39, 0.29) is 5.01 Å². The number of carboxylic acid groups (broad SMARTS) is 1. The lowest BCUT2D eigenvalue weighted by molar-refractivity contribution is 0.0695. The van der Waals surface area contributed by atoms with Gasteiger partial charge in [0.25, 0.3) is 0 Å². The topological polar surface area (TPSA) is 66.3 Å². The molecule has 0 spiro atoms. The summed E-state index contributed by atoms with van der Waals surface area (Å²) in [5.74, 6) is -1.03. The van der Waals surface area contributed by atoms with Gasteiger partial charge < -0.3 is 10.0 Å². The molecule has 0 aliphatic carbocycles. The van der Waals surface area contributed by atoms with E-state index >= 15 is 0 Å². The Balaban J connectivity index is 2.90. The van der Waals surface area contributed by atoms with Gasteiger partial charge >= 0.3 is 5.97 Å². The second kappa shape index (κ2) is 2.83. The highest BCUT2D eigenvalue weighted by atomic mass is 32.1. The first-order valence-corrected chi connectivity index (χ1v) is 3.67. The highest BCUT2D eigenvalue weighted by Gasteiger charge is 2.10. The Hall–Kier alpha value is -1.17. The van der Waals surface area contributed by atoms with Gasteiger partial charge in [0.1, 0.15) is 0 Å². The molecule has 0 aliphatic rings. The van der Waals surface area contributed by atoms with Crippen molar-refractivity contribution in [1.29, 1.82) is 0 Å². The molecule has 6 heteroatoms. The first-order valence-electron chi connectivity index (χ1n) is 2.85. The molecular weight excluding hydrogens is 166 g/mol. The monoisotopic (exact) mass is 173 g/mol. The molecule has 0 bridgehead atoms. The van der Waals surface area contributed by atoms with Crippen LogP contribution >= 0.6 is 11.3 Å². The number of hydrogen-bond donors (Lipinski definition) is 1. The molecule has 1 aromatic heterocycles. The molecule has 0 atom stereocenters. The highest BCUT2D eigenvalue weighted by Crippen LogP contribution is 2.16. The molecule has 1 rings (SSSR count). The second-order valence-corrected chi connectivity index (χ2v) is 3.05. The third-order valence-corrected chi connectivity index (χ3v) is 2.06. The second-order valence-electron chi connectivity index (χ2n) is 2.09. The van der Waals surface area contributed by atoms with Gasteiger partial charge in [0, 0.05) is 14.1 Å². The molecule has 0 unspecified atom stereocenters. The molecule has 0 amide bonds. The van der Waals surface area contributed by atoms with E-state index in [1.54, 1.807) is 19.0 Å². The highest BCUT2D eigenvalue weighted by molar-refractivity contribution is 7.17. The molecule has 1 aromatic rings. The van der Waals surface area contributed by atoms with Crippen molar-refractivity contribution in [2.75, 3.05) is 19.0 Å². The van der Waals surface area contributed by atoms with Crippen LogP contribution in [-0.2, 0) is 0 Å². The number of anilines is 1. The fourth-order valence-electron chi connectivity index (χ4n) is 0.483.